The number of benzene rings is 1. The van der Waals surface area contributed by atoms with Gasteiger partial charge < -0.3 is 10.1 Å². The van der Waals surface area contributed by atoms with Crippen LogP contribution in [-0.2, 0) is 16.1 Å². The van der Waals surface area contributed by atoms with Crippen LogP contribution in [0.2, 0.25) is 5.15 Å². The largest absolute Gasteiger partial charge is 0.452 e. The normalized spacial score (nSPS) is 12.1. The number of amides is 1. The number of halogens is 1. The second-order valence-corrected chi connectivity index (χ2v) is 6.93. The summed E-state index contributed by atoms with van der Waals surface area (Å²) in [6.45, 7) is 7.68. The zero-order valence-electron chi connectivity index (χ0n) is 15.5. The van der Waals surface area contributed by atoms with E-state index in [1.54, 1.807) is 11.6 Å². The molecule has 0 saturated heterocycles. The first kappa shape index (κ1) is 20.0. The molecular formula is C19H24ClN3O3. The van der Waals surface area contributed by atoms with E-state index in [1.807, 2.05) is 51.1 Å². The second kappa shape index (κ2) is 8.85. The Morgan fingerprint density at radius 3 is 2.50 bits per heavy atom. The van der Waals surface area contributed by atoms with Crippen LogP contribution in [0.25, 0.3) is 0 Å². The average Bonchev–Trinajstić information content (AvgIpc) is 2.87. The average molecular weight is 378 g/mol. The number of nitrogens with zero attached hydrogens (tertiary/aromatic N) is 2. The number of nitrogens with one attached hydrogen (secondary N) is 1. The summed E-state index contributed by atoms with van der Waals surface area (Å²) in [6.07, 6.45) is 0. The maximum absolute atomic E-state index is 12.3. The predicted octanol–water partition coefficient (Wildman–Crippen LogP) is 3.21. The molecule has 2 aromatic rings. The maximum atomic E-state index is 12.3. The molecular weight excluding hydrogens is 354 g/mol. The third kappa shape index (κ3) is 5.08. The fraction of sp³-hybridized carbons (Fsp3) is 0.421. The molecule has 2 rings (SSSR count). The van der Waals surface area contributed by atoms with Crippen LogP contribution >= 0.6 is 11.6 Å². The van der Waals surface area contributed by atoms with E-state index < -0.39 is 5.97 Å². The summed E-state index contributed by atoms with van der Waals surface area (Å²) < 4.78 is 6.65. The number of hydrogen-bond donors (Lipinski definition) is 1. The minimum absolute atomic E-state index is 0.000138. The Hall–Kier alpha value is -2.34. The SMILES string of the molecule is Cc1nn(Cc2ccccc2)c(Cl)c1C(=O)OCC(=O)N[C@H](C)C(C)C. The van der Waals surface area contributed by atoms with Gasteiger partial charge in [-0.3, -0.25) is 4.79 Å². The molecule has 0 bridgehead atoms. The summed E-state index contributed by atoms with van der Waals surface area (Å²) in [5.41, 5.74) is 1.66. The lowest BCUT2D eigenvalue weighted by molar-refractivity contribution is -0.125. The van der Waals surface area contributed by atoms with Gasteiger partial charge in [0.05, 0.1) is 12.2 Å². The Morgan fingerprint density at radius 1 is 1.23 bits per heavy atom. The van der Waals surface area contributed by atoms with Crippen LogP contribution < -0.4 is 5.32 Å². The van der Waals surface area contributed by atoms with Crippen molar-refractivity contribution in [2.24, 2.45) is 5.92 Å². The standard InChI is InChI=1S/C19H24ClN3O3/c1-12(2)13(3)21-16(24)11-26-19(25)17-14(4)22-23(18(17)20)10-15-8-6-5-7-9-15/h5-9,12-13H,10-11H2,1-4H3,(H,21,24)/t13-/m1/s1. The van der Waals surface area contributed by atoms with E-state index in [4.69, 9.17) is 16.3 Å². The number of carbonyl (C=O) groups is 2. The topological polar surface area (TPSA) is 73.2 Å². The molecule has 0 fully saturated rings. The Bertz CT molecular complexity index is 772. The van der Waals surface area contributed by atoms with Gasteiger partial charge in [-0.15, -0.1) is 0 Å². The molecule has 1 aromatic heterocycles. The lowest BCUT2D eigenvalue weighted by Crippen LogP contribution is -2.38. The van der Waals surface area contributed by atoms with Crippen LogP contribution in [-0.4, -0.2) is 34.3 Å². The maximum Gasteiger partial charge on any atom is 0.343 e. The van der Waals surface area contributed by atoms with E-state index in [0.29, 0.717) is 18.2 Å². The third-order valence-electron chi connectivity index (χ3n) is 4.17. The summed E-state index contributed by atoms with van der Waals surface area (Å²) in [7, 11) is 0. The Morgan fingerprint density at radius 2 is 1.88 bits per heavy atom. The zero-order chi connectivity index (χ0) is 19.3. The van der Waals surface area contributed by atoms with Crippen LogP contribution in [0.5, 0.6) is 0 Å². The molecule has 0 spiro atoms. The van der Waals surface area contributed by atoms with Crippen LogP contribution in [0.1, 0.15) is 42.4 Å². The van der Waals surface area contributed by atoms with E-state index in [9.17, 15) is 9.59 Å². The number of aromatic nitrogens is 2. The number of esters is 1. The number of hydrogen-bond acceptors (Lipinski definition) is 4. The molecule has 6 nitrogen and oxygen atoms in total. The van der Waals surface area contributed by atoms with Gasteiger partial charge in [-0.05, 0) is 25.3 Å². The molecule has 140 valence electrons. The van der Waals surface area contributed by atoms with E-state index >= 15 is 0 Å². The highest BCUT2D eigenvalue weighted by Gasteiger charge is 2.23. The first-order valence-corrected chi connectivity index (χ1v) is 8.90. The zero-order valence-corrected chi connectivity index (χ0v) is 16.2. The molecule has 1 amide bonds. The van der Waals surface area contributed by atoms with Gasteiger partial charge in [0.15, 0.2) is 6.61 Å². The van der Waals surface area contributed by atoms with Crippen molar-refractivity contribution in [3.05, 3.63) is 52.3 Å². The molecule has 0 aliphatic carbocycles. The molecule has 26 heavy (non-hydrogen) atoms. The summed E-state index contributed by atoms with van der Waals surface area (Å²) in [5.74, 6) is -0.702. The minimum Gasteiger partial charge on any atom is -0.452 e. The van der Waals surface area contributed by atoms with Gasteiger partial charge in [0.25, 0.3) is 5.91 Å². The van der Waals surface area contributed by atoms with Crippen molar-refractivity contribution in [1.82, 2.24) is 15.1 Å². The number of rotatable bonds is 7. The lowest BCUT2D eigenvalue weighted by Gasteiger charge is -2.17. The summed E-state index contributed by atoms with van der Waals surface area (Å²) in [5, 5.41) is 7.29. The second-order valence-electron chi connectivity index (χ2n) is 6.57. The van der Waals surface area contributed by atoms with Gasteiger partial charge in [-0.25, -0.2) is 9.48 Å². The highest BCUT2D eigenvalue weighted by molar-refractivity contribution is 6.32. The quantitative estimate of drug-likeness (QED) is 0.752. The van der Waals surface area contributed by atoms with Crippen LogP contribution in [0.3, 0.4) is 0 Å². The van der Waals surface area contributed by atoms with Crippen LogP contribution in [0.4, 0.5) is 0 Å². The van der Waals surface area contributed by atoms with E-state index in [-0.39, 0.29) is 29.3 Å². The summed E-state index contributed by atoms with van der Waals surface area (Å²) in [4.78, 5) is 24.2. The highest BCUT2D eigenvalue weighted by Crippen LogP contribution is 2.21. The van der Waals surface area contributed by atoms with Crippen molar-refractivity contribution in [2.45, 2.75) is 40.3 Å². The third-order valence-corrected chi connectivity index (χ3v) is 4.55. The molecule has 1 N–H and O–H groups in total. The fourth-order valence-corrected chi connectivity index (χ4v) is 2.62. The fourth-order valence-electron chi connectivity index (χ4n) is 2.31. The molecule has 1 heterocycles. The number of ether oxygens (including phenoxy) is 1. The van der Waals surface area contributed by atoms with Gasteiger partial charge in [0.1, 0.15) is 10.7 Å². The molecule has 0 aliphatic rings. The predicted molar refractivity (Wildman–Crippen MR) is 100 cm³/mol. The van der Waals surface area contributed by atoms with E-state index in [1.165, 1.54) is 0 Å². The molecule has 1 atom stereocenters. The van der Waals surface area contributed by atoms with Crippen molar-refractivity contribution >= 4 is 23.5 Å². The first-order valence-electron chi connectivity index (χ1n) is 8.53. The van der Waals surface area contributed by atoms with Gasteiger partial charge >= 0.3 is 5.97 Å². The van der Waals surface area contributed by atoms with Crippen LogP contribution in [0, 0.1) is 12.8 Å². The van der Waals surface area contributed by atoms with Crippen molar-refractivity contribution in [3.8, 4) is 0 Å². The minimum atomic E-state index is -0.654. The summed E-state index contributed by atoms with van der Waals surface area (Å²) >= 11 is 6.31. The molecule has 7 heteroatoms. The molecule has 0 saturated carbocycles. The van der Waals surface area contributed by atoms with Crippen molar-refractivity contribution in [2.75, 3.05) is 6.61 Å². The molecule has 0 aliphatic heterocycles. The highest BCUT2D eigenvalue weighted by atomic mass is 35.5. The van der Waals surface area contributed by atoms with Gasteiger partial charge in [-0.1, -0.05) is 55.8 Å². The molecule has 0 unspecified atom stereocenters. The first-order chi connectivity index (χ1) is 12.3. The Labute approximate surface area is 158 Å². The van der Waals surface area contributed by atoms with Crippen LogP contribution in [0.15, 0.2) is 30.3 Å². The van der Waals surface area contributed by atoms with Gasteiger partial charge in [0, 0.05) is 6.04 Å². The Balaban J connectivity index is 2.02. The molecule has 0 radical (unpaired) electrons. The van der Waals surface area contributed by atoms with Crippen molar-refractivity contribution < 1.29 is 14.3 Å². The van der Waals surface area contributed by atoms with E-state index in [2.05, 4.69) is 10.4 Å². The number of aryl methyl sites for hydroxylation is 1. The molecule has 1 aromatic carbocycles. The number of carbonyl (C=O) groups excluding carboxylic acids is 2. The van der Waals surface area contributed by atoms with Gasteiger partial charge in [0.2, 0.25) is 0 Å². The monoisotopic (exact) mass is 377 g/mol. The van der Waals surface area contributed by atoms with Crippen molar-refractivity contribution in [1.29, 1.82) is 0 Å². The van der Waals surface area contributed by atoms with Crippen molar-refractivity contribution in [3.63, 3.8) is 0 Å². The lowest BCUT2D eigenvalue weighted by atomic mass is 10.1. The van der Waals surface area contributed by atoms with E-state index in [0.717, 1.165) is 5.56 Å². The Kier molecular flexibility index (Phi) is 6.80. The smallest absolute Gasteiger partial charge is 0.343 e. The summed E-state index contributed by atoms with van der Waals surface area (Å²) in [6, 6.07) is 9.67. The van der Waals surface area contributed by atoms with Gasteiger partial charge in [-0.2, -0.15) is 5.10 Å².